The Hall–Kier alpha value is -7.10. The average molecular weight is 1490 g/mol. The smallest absolute Gasteiger partial charge is 0.379 e. The molecule has 0 radical (unpaired) electrons. The number of likely N-dealkylation sites (N-methyl/N-ethyl adjacent to an activating group) is 8. The number of likely N-dealkylation sites (tertiary alicyclic amines) is 1. The van der Waals surface area contributed by atoms with Crippen molar-refractivity contribution in [2.24, 2.45) is 23.7 Å². The van der Waals surface area contributed by atoms with E-state index in [1.807, 2.05) is 27.7 Å². The Labute approximate surface area is 618 Å². The van der Waals surface area contributed by atoms with Crippen molar-refractivity contribution < 1.29 is 75.4 Å². The highest BCUT2D eigenvalue weighted by molar-refractivity contribution is 6.31. The molecule has 8 atom stereocenters. The highest BCUT2D eigenvalue weighted by atomic mass is 35.5. The first kappa shape index (κ1) is 85.8. The number of hydrogen-bond acceptors (Lipinski definition) is 13. The van der Waals surface area contributed by atoms with E-state index in [0.717, 1.165) is 89.5 Å². The van der Waals surface area contributed by atoms with E-state index in [-0.39, 0.29) is 62.5 Å². The molecule has 5 fully saturated rings. The topological polar surface area (TPSA) is 279 Å². The number of hydrogen-bond donors (Lipinski definition) is 3. The van der Waals surface area contributed by atoms with Crippen molar-refractivity contribution in [2.75, 3.05) is 102 Å². The quantitative estimate of drug-likeness (QED) is 0.155. The van der Waals surface area contributed by atoms with Crippen LogP contribution >= 0.6 is 11.6 Å². The number of amides is 12. The van der Waals surface area contributed by atoms with E-state index < -0.39 is 180 Å². The average Bonchev–Trinajstić information content (AvgIpc) is 1.40. The van der Waals surface area contributed by atoms with Crippen LogP contribution in [-0.4, -0.2) is 265 Å². The lowest BCUT2D eigenvalue weighted by Gasteiger charge is -2.43. The molecule has 584 valence electrons. The van der Waals surface area contributed by atoms with Crippen molar-refractivity contribution in [2.45, 2.75) is 243 Å². The van der Waals surface area contributed by atoms with Gasteiger partial charge in [-0.25, -0.2) is 0 Å². The van der Waals surface area contributed by atoms with Crippen LogP contribution in [0.4, 0.5) is 13.2 Å². The molecule has 2 saturated heterocycles. The maximum Gasteiger partial charge on any atom is 0.417 e. The van der Waals surface area contributed by atoms with E-state index in [0.29, 0.717) is 64.5 Å². The highest BCUT2D eigenvalue weighted by Crippen LogP contribution is 2.38. The molecule has 3 aliphatic carbocycles. The van der Waals surface area contributed by atoms with E-state index in [1.54, 1.807) is 11.8 Å². The number of nitrogens with zero attached hydrogens (tertiary/aromatic N) is 9. The summed E-state index contributed by atoms with van der Waals surface area (Å²) in [4.78, 5) is 192. The normalized spacial score (nSPS) is 25.8. The highest BCUT2D eigenvalue weighted by Gasteiger charge is 2.51. The van der Waals surface area contributed by atoms with Crippen molar-refractivity contribution in [3.63, 3.8) is 0 Å². The second-order valence-corrected chi connectivity index (χ2v) is 30.9. The molecule has 1 aromatic rings. The Morgan fingerprint density at radius 3 is 1.80 bits per heavy atom. The molecule has 25 nitrogen and oxygen atoms in total. The second kappa shape index (κ2) is 39.5. The number of halogens is 4. The lowest BCUT2D eigenvalue weighted by atomic mass is 9.81. The first-order valence-corrected chi connectivity index (χ1v) is 38.1. The van der Waals surface area contributed by atoms with Crippen LogP contribution in [0, 0.1) is 23.7 Å². The van der Waals surface area contributed by atoms with Gasteiger partial charge in [-0.15, -0.1) is 0 Å². The van der Waals surface area contributed by atoms with Crippen LogP contribution in [0.25, 0.3) is 0 Å². The summed E-state index contributed by atoms with van der Waals surface area (Å²) in [5.41, 5.74) is -2.48. The van der Waals surface area contributed by atoms with Gasteiger partial charge in [0, 0.05) is 76.1 Å². The Bertz CT molecular complexity index is 3160. The summed E-state index contributed by atoms with van der Waals surface area (Å²) in [6, 6.07) is -6.09. The van der Waals surface area contributed by atoms with Crippen LogP contribution in [0.2, 0.25) is 5.02 Å². The molecule has 3 saturated carbocycles. The molecule has 1 spiro atoms. The summed E-state index contributed by atoms with van der Waals surface area (Å²) in [5, 5.41) is 8.10. The fourth-order valence-corrected chi connectivity index (χ4v) is 15.8. The molecule has 0 unspecified atom stereocenters. The fourth-order valence-electron chi connectivity index (χ4n) is 15.4. The van der Waals surface area contributed by atoms with Crippen LogP contribution in [0.1, 0.15) is 193 Å². The lowest BCUT2D eigenvalue weighted by molar-refractivity contribution is -0.157. The first-order valence-electron chi connectivity index (χ1n) is 37.8. The Kier molecular flexibility index (Phi) is 32.6. The predicted molar refractivity (Wildman–Crippen MR) is 387 cm³/mol. The zero-order valence-electron chi connectivity index (χ0n) is 63.8. The Morgan fingerprint density at radius 2 is 1.21 bits per heavy atom. The van der Waals surface area contributed by atoms with E-state index in [1.165, 1.54) is 82.0 Å². The van der Waals surface area contributed by atoms with Gasteiger partial charge in [0.05, 0.1) is 43.2 Å². The predicted octanol–water partition coefficient (Wildman–Crippen LogP) is 6.69. The number of aryl methyl sites for hydroxylation is 1. The van der Waals surface area contributed by atoms with Gasteiger partial charge in [0.15, 0.2) is 0 Å². The molecule has 2 aliphatic heterocycles. The maximum absolute atomic E-state index is 15.9. The number of benzene rings is 1. The third-order valence-electron chi connectivity index (χ3n) is 22.3. The second-order valence-electron chi connectivity index (χ2n) is 30.5. The molecule has 6 rings (SSSR count). The van der Waals surface area contributed by atoms with E-state index in [2.05, 4.69) is 16.0 Å². The van der Waals surface area contributed by atoms with Crippen LogP contribution < -0.4 is 16.0 Å². The van der Waals surface area contributed by atoms with Gasteiger partial charge in [0.2, 0.25) is 70.9 Å². The van der Waals surface area contributed by atoms with Crippen molar-refractivity contribution in [1.29, 1.82) is 0 Å². The molecule has 5 aliphatic rings. The SMILES string of the molecule is CCCOC[C@H]1C(=O)NC2(CCCC2)C(=O)N(C)[C@@H](C2CCCCC2)C(=O)N(C)[C@H](C(=O)N2CCCCC2)CC(=O)N(C)[C@@H](CC(C)C)C(=O)N[C@@H]([C@@H](C)CC)C(=O)N(C)CC(=O)N(C)CC(=O)N(C)[C@@H](CC2CCCCC2)C(=O)N(C)CC(=O)N[C@@H](CCc2ccc(C(F)(F)F)c(Cl)c2)C(=O)N1C. The number of carbonyl (C=O) groups excluding carboxylic acids is 12. The van der Waals surface area contributed by atoms with Crippen molar-refractivity contribution >= 4 is 82.5 Å². The summed E-state index contributed by atoms with van der Waals surface area (Å²) in [5.74, 6) is -9.24. The molecule has 104 heavy (non-hydrogen) atoms. The molecule has 1 aromatic carbocycles. The number of carbonyl (C=O) groups is 12. The van der Waals surface area contributed by atoms with E-state index in [4.69, 9.17) is 16.3 Å². The minimum absolute atomic E-state index is 0.00262. The summed E-state index contributed by atoms with van der Waals surface area (Å²) < 4.78 is 47.8. The maximum atomic E-state index is 15.9. The lowest BCUT2D eigenvalue weighted by Crippen LogP contribution is -2.66. The van der Waals surface area contributed by atoms with Crippen LogP contribution in [-0.2, 0) is 74.9 Å². The monoisotopic (exact) mass is 1490 g/mol. The molecule has 0 aromatic heterocycles. The van der Waals surface area contributed by atoms with Gasteiger partial charge in [-0.2, -0.15) is 13.2 Å². The largest absolute Gasteiger partial charge is 0.417 e. The van der Waals surface area contributed by atoms with E-state index in [9.17, 15) is 41.9 Å². The minimum Gasteiger partial charge on any atom is -0.379 e. The number of rotatable bonds is 15. The Morgan fingerprint density at radius 1 is 0.625 bits per heavy atom. The van der Waals surface area contributed by atoms with Gasteiger partial charge >= 0.3 is 6.18 Å². The zero-order valence-corrected chi connectivity index (χ0v) is 64.6. The van der Waals surface area contributed by atoms with E-state index >= 15 is 28.8 Å². The molecule has 3 N–H and O–H groups in total. The molecule has 0 bridgehead atoms. The van der Waals surface area contributed by atoms with Gasteiger partial charge < -0.3 is 64.8 Å². The van der Waals surface area contributed by atoms with Gasteiger partial charge in [0.1, 0.15) is 47.8 Å². The van der Waals surface area contributed by atoms with Crippen LogP contribution in [0.3, 0.4) is 0 Å². The van der Waals surface area contributed by atoms with Crippen molar-refractivity contribution in [3.05, 3.63) is 34.3 Å². The third kappa shape index (κ3) is 22.7. The van der Waals surface area contributed by atoms with Crippen LogP contribution in [0.15, 0.2) is 18.2 Å². The fraction of sp³-hybridized carbons (Fsp3) is 0.760. The van der Waals surface area contributed by atoms with Crippen LogP contribution in [0.5, 0.6) is 0 Å². The first-order chi connectivity index (χ1) is 49.1. The molecule has 12 amide bonds. The van der Waals surface area contributed by atoms with Gasteiger partial charge in [-0.1, -0.05) is 123 Å². The number of alkyl halides is 3. The van der Waals surface area contributed by atoms with Gasteiger partial charge in [-0.05, 0) is 118 Å². The standard InChI is InChI=1S/C75H118ClF3N12O13/c1-14-39-104-47-59-67(97)82-74(35-23-24-36-74)73(103)90(13)65(52-29-21-17-22-30-52)72(102)88(11)58(70(100)91-37-25-18-26-38-91)43-61(93)86(9)56(40-48(3)4)66(96)81-64(49(5)15-2)71(101)85(8)45-62(94)83(6)46-63(95)87(10)57(42-50-27-19-16-20-28-50)69(99)84(7)44-60(92)80-55(68(98)89(59)12)34-32-51-31-33-53(54(76)41-51)75(77,78)79/h31,33,41,48-50,52,55-59,64-65H,14-30,32,34-40,42-47H2,1-13H3,(H,80,92)(H,81,96)(H,82,97)/t49-,55-,56-,57-,58-,59-,64-,65-/m0/s1. The third-order valence-corrected chi connectivity index (χ3v) is 22.6. The minimum atomic E-state index is -4.78. The van der Waals surface area contributed by atoms with Gasteiger partial charge in [0.25, 0.3) is 0 Å². The number of piperidine rings is 1. The molecular formula is C75H118ClF3N12O13. The molecular weight excluding hydrogens is 1370 g/mol. The van der Waals surface area contributed by atoms with Crippen molar-refractivity contribution in [3.8, 4) is 0 Å². The summed E-state index contributed by atoms with van der Waals surface area (Å²) in [6.45, 7) is 7.90. The summed E-state index contributed by atoms with van der Waals surface area (Å²) in [6.07, 6.45) is 6.57. The summed E-state index contributed by atoms with van der Waals surface area (Å²) in [7, 11) is 11.3. The Balaban J connectivity index is 1.47. The number of ether oxygens (including phenoxy) is 1. The molecule has 2 heterocycles. The zero-order chi connectivity index (χ0) is 77.1. The molecule has 29 heteroatoms. The number of nitrogens with one attached hydrogen (secondary N) is 3. The summed E-state index contributed by atoms with van der Waals surface area (Å²) >= 11 is 6.18. The van der Waals surface area contributed by atoms with Crippen molar-refractivity contribution in [1.82, 2.24) is 60.0 Å². The van der Waals surface area contributed by atoms with Gasteiger partial charge in [-0.3, -0.25) is 57.5 Å².